The molecule has 5 heteroatoms. The molecule has 0 radical (unpaired) electrons. The van der Waals surface area contributed by atoms with Crippen LogP contribution in [0.1, 0.15) is 18.9 Å². The summed E-state index contributed by atoms with van der Waals surface area (Å²) in [6.45, 7) is 2.85. The standard InChI is InChI=1S/C16H18F2N2O/c1-2-7-21-16-9-15(14(19)8-13(16)18)20-10-11-3-5-12(17)6-4-11/h3-6,8-9,20H,2,7,10,19H2,1H3. The van der Waals surface area contributed by atoms with E-state index in [0.717, 1.165) is 12.0 Å². The average Bonchev–Trinajstić information content (AvgIpc) is 2.47. The van der Waals surface area contributed by atoms with Crippen LogP contribution in [0.15, 0.2) is 36.4 Å². The molecule has 0 aromatic heterocycles. The predicted molar refractivity (Wildman–Crippen MR) is 80.3 cm³/mol. The largest absolute Gasteiger partial charge is 0.490 e. The maximum Gasteiger partial charge on any atom is 0.167 e. The van der Waals surface area contributed by atoms with E-state index in [1.807, 2.05) is 6.92 Å². The van der Waals surface area contributed by atoms with Gasteiger partial charge in [-0.25, -0.2) is 8.78 Å². The number of benzene rings is 2. The summed E-state index contributed by atoms with van der Waals surface area (Å²) < 4.78 is 31.8. The Morgan fingerprint density at radius 3 is 2.52 bits per heavy atom. The lowest BCUT2D eigenvalue weighted by atomic mass is 10.2. The van der Waals surface area contributed by atoms with Crippen molar-refractivity contribution in [2.75, 3.05) is 17.7 Å². The highest BCUT2D eigenvalue weighted by Crippen LogP contribution is 2.28. The molecule has 0 bridgehead atoms. The highest BCUT2D eigenvalue weighted by molar-refractivity contribution is 5.68. The molecular formula is C16H18F2N2O. The molecule has 0 saturated carbocycles. The van der Waals surface area contributed by atoms with Crippen LogP contribution in [0, 0.1) is 11.6 Å². The molecule has 112 valence electrons. The summed E-state index contributed by atoms with van der Waals surface area (Å²) in [7, 11) is 0. The molecule has 0 heterocycles. The Labute approximate surface area is 122 Å². The molecule has 0 spiro atoms. The fourth-order valence-corrected chi connectivity index (χ4v) is 1.84. The molecule has 0 aliphatic heterocycles. The number of rotatable bonds is 6. The highest BCUT2D eigenvalue weighted by atomic mass is 19.1. The quantitative estimate of drug-likeness (QED) is 0.793. The van der Waals surface area contributed by atoms with Crippen molar-refractivity contribution in [1.29, 1.82) is 0 Å². The van der Waals surface area contributed by atoms with E-state index in [2.05, 4.69) is 5.32 Å². The second-order valence-electron chi connectivity index (χ2n) is 4.70. The number of nitrogen functional groups attached to an aromatic ring is 1. The van der Waals surface area contributed by atoms with E-state index in [1.165, 1.54) is 18.2 Å². The summed E-state index contributed by atoms with van der Waals surface area (Å²) in [5.74, 6) is -0.587. The van der Waals surface area contributed by atoms with Crippen molar-refractivity contribution in [2.24, 2.45) is 0 Å². The number of nitrogens with one attached hydrogen (secondary N) is 1. The van der Waals surface area contributed by atoms with Gasteiger partial charge in [-0.1, -0.05) is 19.1 Å². The molecule has 2 rings (SSSR count). The SMILES string of the molecule is CCCOc1cc(NCc2ccc(F)cc2)c(N)cc1F. The zero-order chi connectivity index (χ0) is 15.2. The molecule has 3 N–H and O–H groups in total. The van der Waals surface area contributed by atoms with Crippen LogP contribution >= 0.6 is 0 Å². The molecule has 0 atom stereocenters. The van der Waals surface area contributed by atoms with Crippen LogP contribution < -0.4 is 15.8 Å². The van der Waals surface area contributed by atoms with Gasteiger partial charge in [0, 0.05) is 18.7 Å². The summed E-state index contributed by atoms with van der Waals surface area (Å²) >= 11 is 0. The van der Waals surface area contributed by atoms with E-state index in [0.29, 0.717) is 24.5 Å². The maximum absolute atomic E-state index is 13.7. The van der Waals surface area contributed by atoms with Gasteiger partial charge in [-0.05, 0) is 24.1 Å². The fourth-order valence-electron chi connectivity index (χ4n) is 1.84. The van der Waals surface area contributed by atoms with Crippen LogP contribution in [0.25, 0.3) is 0 Å². The molecule has 2 aromatic rings. The highest BCUT2D eigenvalue weighted by Gasteiger charge is 2.09. The van der Waals surface area contributed by atoms with E-state index in [1.54, 1.807) is 18.2 Å². The van der Waals surface area contributed by atoms with Gasteiger partial charge >= 0.3 is 0 Å². The van der Waals surface area contributed by atoms with Crippen molar-refractivity contribution in [2.45, 2.75) is 19.9 Å². The van der Waals surface area contributed by atoms with E-state index in [-0.39, 0.29) is 11.6 Å². The number of hydrogen-bond donors (Lipinski definition) is 2. The van der Waals surface area contributed by atoms with Crippen molar-refractivity contribution >= 4 is 11.4 Å². The second kappa shape index (κ2) is 6.92. The van der Waals surface area contributed by atoms with Crippen LogP contribution in [-0.2, 0) is 6.54 Å². The topological polar surface area (TPSA) is 47.3 Å². The lowest BCUT2D eigenvalue weighted by Crippen LogP contribution is -2.05. The molecule has 2 aromatic carbocycles. The molecule has 0 amide bonds. The molecule has 0 unspecified atom stereocenters. The molecule has 0 aliphatic rings. The smallest absolute Gasteiger partial charge is 0.167 e. The zero-order valence-electron chi connectivity index (χ0n) is 11.8. The monoisotopic (exact) mass is 292 g/mol. The molecule has 0 aliphatic carbocycles. The van der Waals surface area contributed by atoms with Crippen molar-refractivity contribution in [3.8, 4) is 5.75 Å². The van der Waals surface area contributed by atoms with E-state index >= 15 is 0 Å². The van der Waals surface area contributed by atoms with Gasteiger partial charge < -0.3 is 15.8 Å². The predicted octanol–water partition coefficient (Wildman–Crippen LogP) is 3.95. The second-order valence-corrected chi connectivity index (χ2v) is 4.70. The number of hydrogen-bond acceptors (Lipinski definition) is 3. The third kappa shape index (κ3) is 4.08. The van der Waals surface area contributed by atoms with Gasteiger partial charge in [0.05, 0.1) is 18.0 Å². The Balaban J connectivity index is 2.09. The van der Waals surface area contributed by atoms with Crippen LogP contribution in [-0.4, -0.2) is 6.61 Å². The van der Waals surface area contributed by atoms with Crippen molar-refractivity contribution in [1.82, 2.24) is 0 Å². The van der Waals surface area contributed by atoms with Crippen LogP contribution in [0.5, 0.6) is 5.75 Å². The first kappa shape index (κ1) is 15.1. The molecule has 0 saturated heterocycles. The first-order valence-corrected chi connectivity index (χ1v) is 6.80. The first-order valence-electron chi connectivity index (χ1n) is 6.80. The summed E-state index contributed by atoms with van der Waals surface area (Å²) in [6, 6.07) is 8.91. The van der Waals surface area contributed by atoms with Crippen molar-refractivity contribution < 1.29 is 13.5 Å². The number of ether oxygens (including phenoxy) is 1. The van der Waals surface area contributed by atoms with Gasteiger partial charge in [0.2, 0.25) is 0 Å². The lowest BCUT2D eigenvalue weighted by Gasteiger charge is -2.13. The summed E-state index contributed by atoms with van der Waals surface area (Å²) in [4.78, 5) is 0. The van der Waals surface area contributed by atoms with Gasteiger partial charge in [0.1, 0.15) is 5.82 Å². The van der Waals surface area contributed by atoms with Gasteiger partial charge in [0.15, 0.2) is 11.6 Å². The van der Waals surface area contributed by atoms with Crippen molar-refractivity contribution in [3.63, 3.8) is 0 Å². The number of nitrogens with two attached hydrogens (primary N) is 1. The average molecular weight is 292 g/mol. The van der Waals surface area contributed by atoms with Crippen molar-refractivity contribution in [3.05, 3.63) is 53.6 Å². The Morgan fingerprint density at radius 1 is 1.14 bits per heavy atom. The van der Waals surface area contributed by atoms with E-state index in [9.17, 15) is 8.78 Å². The zero-order valence-corrected chi connectivity index (χ0v) is 11.8. The molecule has 21 heavy (non-hydrogen) atoms. The van der Waals surface area contributed by atoms with Gasteiger partial charge in [0.25, 0.3) is 0 Å². The summed E-state index contributed by atoms with van der Waals surface area (Å²) in [6.07, 6.45) is 0.794. The normalized spacial score (nSPS) is 10.4. The third-order valence-corrected chi connectivity index (χ3v) is 2.96. The maximum atomic E-state index is 13.7. The van der Waals surface area contributed by atoms with E-state index < -0.39 is 5.82 Å². The molecule has 0 fully saturated rings. The molecular weight excluding hydrogens is 274 g/mol. The number of halogens is 2. The van der Waals surface area contributed by atoms with E-state index in [4.69, 9.17) is 10.5 Å². The van der Waals surface area contributed by atoms with Gasteiger partial charge in [-0.2, -0.15) is 0 Å². The van der Waals surface area contributed by atoms with Gasteiger partial charge in [-0.3, -0.25) is 0 Å². The van der Waals surface area contributed by atoms with Crippen LogP contribution in [0.2, 0.25) is 0 Å². The van der Waals surface area contributed by atoms with Gasteiger partial charge in [-0.15, -0.1) is 0 Å². The Kier molecular flexibility index (Phi) is 4.98. The number of anilines is 2. The Bertz CT molecular complexity index is 600. The molecule has 3 nitrogen and oxygen atoms in total. The van der Waals surface area contributed by atoms with Crippen LogP contribution in [0.4, 0.5) is 20.2 Å². The third-order valence-electron chi connectivity index (χ3n) is 2.96. The minimum absolute atomic E-state index is 0.174. The minimum atomic E-state index is -0.478. The van der Waals surface area contributed by atoms with Crippen LogP contribution in [0.3, 0.4) is 0 Å². The lowest BCUT2D eigenvalue weighted by molar-refractivity contribution is 0.301. The summed E-state index contributed by atoms with van der Waals surface area (Å²) in [5, 5.41) is 3.10. The fraction of sp³-hybridized carbons (Fsp3) is 0.250. The minimum Gasteiger partial charge on any atom is -0.490 e. The Hall–Kier alpha value is -2.30. The summed E-state index contributed by atoms with van der Waals surface area (Å²) in [5.41, 5.74) is 7.58. The first-order chi connectivity index (χ1) is 10.1. The Morgan fingerprint density at radius 2 is 1.86 bits per heavy atom.